The number of rotatable bonds is 3. The Kier molecular flexibility index (Phi) is 4.31. The minimum atomic E-state index is -0.423. The first-order valence-electron chi connectivity index (χ1n) is 9.03. The zero-order valence-corrected chi connectivity index (χ0v) is 15.5. The Morgan fingerprint density at radius 2 is 1.39 bits per heavy atom. The molecular formula is C22H19N3O3. The Labute approximate surface area is 162 Å². The number of anilines is 2. The second-order valence-electron chi connectivity index (χ2n) is 6.98. The van der Waals surface area contributed by atoms with Crippen LogP contribution in [0.3, 0.4) is 0 Å². The third kappa shape index (κ3) is 3.09. The van der Waals surface area contributed by atoms with E-state index in [1.807, 2.05) is 42.5 Å². The van der Waals surface area contributed by atoms with E-state index in [0.717, 1.165) is 10.8 Å². The number of urea groups is 1. The lowest BCUT2D eigenvalue weighted by atomic mass is 10.1. The van der Waals surface area contributed by atoms with E-state index in [0.29, 0.717) is 22.5 Å². The van der Waals surface area contributed by atoms with Gasteiger partial charge in [-0.2, -0.15) is 0 Å². The smallest absolute Gasteiger partial charge is 0.308 e. The first-order valence-corrected chi connectivity index (χ1v) is 9.03. The summed E-state index contributed by atoms with van der Waals surface area (Å²) >= 11 is 0. The van der Waals surface area contributed by atoms with Crippen molar-refractivity contribution in [3.05, 3.63) is 71.8 Å². The predicted octanol–water partition coefficient (Wildman–Crippen LogP) is 4.49. The van der Waals surface area contributed by atoms with Gasteiger partial charge in [0.2, 0.25) is 0 Å². The molecule has 4 amide bonds. The summed E-state index contributed by atoms with van der Waals surface area (Å²) < 4.78 is 0. The summed E-state index contributed by atoms with van der Waals surface area (Å²) in [5.41, 5.74) is 1.78. The molecule has 4 rings (SSSR count). The minimum absolute atomic E-state index is 0.222. The van der Waals surface area contributed by atoms with E-state index >= 15 is 0 Å². The Balaban J connectivity index is 1.51. The van der Waals surface area contributed by atoms with Gasteiger partial charge < -0.3 is 10.6 Å². The number of fused-ring (bicyclic) bond motifs is 2. The van der Waals surface area contributed by atoms with Gasteiger partial charge in [-0.05, 0) is 55.0 Å². The fraction of sp³-hybridized carbons (Fsp3) is 0.136. The first kappa shape index (κ1) is 17.7. The van der Waals surface area contributed by atoms with Crippen LogP contribution in [0.4, 0.5) is 16.2 Å². The van der Waals surface area contributed by atoms with Crippen LogP contribution in [0.2, 0.25) is 0 Å². The molecule has 0 spiro atoms. The minimum Gasteiger partial charge on any atom is -0.308 e. The van der Waals surface area contributed by atoms with Crippen molar-refractivity contribution in [3.8, 4) is 0 Å². The van der Waals surface area contributed by atoms with Gasteiger partial charge in [0.05, 0.1) is 11.1 Å². The molecule has 0 aliphatic carbocycles. The van der Waals surface area contributed by atoms with Crippen molar-refractivity contribution in [2.24, 2.45) is 0 Å². The van der Waals surface area contributed by atoms with Crippen molar-refractivity contribution in [1.29, 1.82) is 0 Å². The molecule has 0 saturated heterocycles. The van der Waals surface area contributed by atoms with Gasteiger partial charge in [-0.3, -0.25) is 14.5 Å². The van der Waals surface area contributed by atoms with Crippen LogP contribution in [0.5, 0.6) is 0 Å². The molecule has 6 nitrogen and oxygen atoms in total. The number of amides is 4. The lowest BCUT2D eigenvalue weighted by molar-refractivity contribution is 0.0609. The van der Waals surface area contributed by atoms with E-state index < -0.39 is 6.03 Å². The zero-order valence-electron chi connectivity index (χ0n) is 15.5. The number of hydrogen-bond donors (Lipinski definition) is 2. The van der Waals surface area contributed by atoms with E-state index in [4.69, 9.17) is 0 Å². The van der Waals surface area contributed by atoms with Crippen molar-refractivity contribution in [2.45, 2.75) is 19.9 Å². The van der Waals surface area contributed by atoms with Crippen molar-refractivity contribution >= 4 is 40.0 Å². The van der Waals surface area contributed by atoms with Gasteiger partial charge >= 0.3 is 6.03 Å². The predicted molar refractivity (Wildman–Crippen MR) is 109 cm³/mol. The Morgan fingerprint density at radius 1 is 0.786 bits per heavy atom. The maximum atomic E-state index is 12.5. The topological polar surface area (TPSA) is 78.5 Å². The maximum absolute atomic E-state index is 12.5. The highest BCUT2D eigenvalue weighted by Crippen LogP contribution is 2.27. The molecule has 3 aromatic rings. The van der Waals surface area contributed by atoms with Gasteiger partial charge in [-0.1, -0.05) is 30.3 Å². The van der Waals surface area contributed by atoms with Gasteiger partial charge in [-0.25, -0.2) is 4.79 Å². The molecule has 2 N–H and O–H groups in total. The summed E-state index contributed by atoms with van der Waals surface area (Å²) in [6.45, 7) is 3.58. The SMILES string of the molecule is CC(C)N1C(=O)c2ccc(NC(=O)Nc3ccc4ccccc4c3)cc2C1=O. The number of carbonyl (C=O) groups excluding carboxylic acids is 3. The number of carbonyl (C=O) groups is 3. The van der Waals surface area contributed by atoms with Gasteiger partial charge in [-0.15, -0.1) is 0 Å². The van der Waals surface area contributed by atoms with E-state index in [9.17, 15) is 14.4 Å². The van der Waals surface area contributed by atoms with Crippen LogP contribution in [0.15, 0.2) is 60.7 Å². The molecular weight excluding hydrogens is 354 g/mol. The number of benzene rings is 3. The molecule has 1 aliphatic heterocycles. The normalized spacial score (nSPS) is 13.2. The lowest BCUT2D eigenvalue weighted by Crippen LogP contribution is -2.35. The first-order chi connectivity index (χ1) is 13.4. The molecule has 0 bridgehead atoms. The molecule has 0 fully saturated rings. The maximum Gasteiger partial charge on any atom is 0.323 e. The van der Waals surface area contributed by atoms with E-state index in [2.05, 4.69) is 10.6 Å². The second-order valence-corrected chi connectivity index (χ2v) is 6.98. The standard InChI is InChI=1S/C22H19N3O3/c1-13(2)25-20(26)18-10-9-17(12-19(18)21(25)27)24-22(28)23-16-8-7-14-5-3-4-6-15(14)11-16/h3-13H,1-2H3,(H2,23,24,28). The van der Waals surface area contributed by atoms with Crippen molar-refractivity contribution in [1.82, 2.24) is 4.90 Å². The van der Waals surface area contributed by atoms with E-state index in [1.165, 1.54) is 11.0 Å². The van der Waals surface area contributed by atoms with Crippen LogP contribution in [0.1, 0.15) is 34.6 Å². The summed E-state index contributed by atoms with van der Waals surface area (Å²) in [5, 5.41) is 7.61. The summed E-state index contributed by atoms with van der Waals surface area (Å²) in [6, 6.07) is 17.6. The highest BCUT2D eigenvalue weighted by Gasteiger charge is 2.37. The Morgan fingerprint density at radius 3 is 2.11 bits per heavy atom. The lowest BCUT2D eigenvalue weighted by Gasteiger charge is -2.17. The van der Waals surface area contributed by atoms with Crippen molar-refractivity contribution in [2.75, 3.05) is 10.6 Å². The third-order valence-corrected chi connectivity index (χ3v) is 4.70. The number of nitrogens with zero attached hydrogens (tertiary/aromatic N) is 1. The van der Waals surface area contributed by atoms with E-state index in [-0.39, 0.29) is 17.9 Å². The average molecular weight is 373 g/mol. The molecule has 0 saturated carbocycles. The number of nitrogens with one attached hydrogen (secondary N) is 2. The monoisotopic (exact) mass is 373 g/mol. The van der Waals surface area contributed by atoms with Crippen LogP contribution in [0.25, 0.3) is 10.8 Å². The summed E-state index contributed by atoms with van der Waals surface area (Å²) in [6.07, 6.45) is 0. The summed E-state index contributed by atoms with van der Waals surface area (Å²) in [7, 11) is 0. The number of imide groups is 1. The highest BCUT2D eigenvalue weighted by atomic mass is 16.2. The van der Waals surface area contributed by atoms with Gasteiger partial charge in [0.15, 0.2) is 0 Å². The van der Waals surface area contributed by atoms with Crippen LogP contribution >= 0.6 is 0 Å². The fourth-order valence-electron chi connectivity index (χ4n) is 3.37. The second kappa shape index (κ2) is 6.81. The van der Waals surface area contributed by atoms with Crippen molar-refractivity contribution < 1.29 is 14.4 Å². The molecule has 0 unspecified atom stereocenters. The molecule has 1 aliphatic rings. The summed E-state index contributed by atoms with van der Waals surface area (Å²) in [5.74, 6) is -0.643. The van der Waals surface area contributed by atoms with E-state index in [1.54, 1.807) is 26.0 Å². The molecule has 140 valence electrons. The largest absolute Gasteiger partial charge is 0.323 e. The average Bonchev–Trinajstić information content (AvgIpc) is 2.92. The van der Waals surface area contributed by atoms with Crippen molar-refractivity contribution in [3.63, 3.8) is 0 Å². The van der Waals surface area contributed by atoms with Gasteiger partial charge in [0.1, 0.15) is 0 Å². The van der Waals surface area contributed by atoms with Crippen LogP contribution < -0.4 is 10.6 Å². The molecule has 3 aromatic carbocycles. The molecule has 1 heterocycles. The fourth-order valence-corrected chi connectivity index (χ4v) is 3.37. The third-order valence-electron chi connectivity index (χ3n) is 4.70. The van der Waals surface area contributed by atoms with Gasteiger partial charge in [0, 0.05) is 17.4 Å². The molecule has 0 radical (unpaired) electrons. The molecule has 28 heavy (non-hydrogen) atoms. The Bertz CT molecular complexity index is 1120. The molecule has 0 aromatic heterocycles. The quantitative estimate of drug-likeness (QED) is 0.664. The molecule has 0 atom stereocenters. The number of hydrogen-bond acceptors (Lipinski definition) is 3. The van der Waals surface area contributed by atoms with Crippen LogP contribution in [-0.2, 0) is 0 Å². The van der Waals surface area contributed by atoms with Gasteiger partial charge in [0.25, 0.3) is 11.8 Å². The Hall–Kier alpha value is -3.67. The van der Waals surface area contributed by atoms with Crippen LogP contribution in [0, 0.1) is 0 Å². The highest BCUT2D eigenvalue weighted by molar-refractivity contribution is 6.22. The molecule has 6 heteroatoms. The van der Waals surface area contributed by atoms with Crippen LogP contribution in [-0.4, -0.2) is 28.8 Å². The zero-order chi connectivity index (χ0) is 19.8. The summed E-state index contributed by atoms with van der Waals surface area (Å²) in [4.78, 5) is 38.4.